The van der Waals surface area contributed by atoms with Gasteiger partial charge >= 0.3 is 5.97 Å². The van der Waals surface area contributed by atoms with Gasteiger partial charge in [0.25, 0.3) is 0 Å². The van der Waals surface area contributed by atoms with Crippen LogP contribution in [0.4, 0.5) is 4.39 Å². The Hall–Kier alpha value is -1.62. The topological polar surface area (TPSA) is 49.8 Å². The highest BCUT2D eigenvalue weighted by Crippen LogP contribution is 2.24. The van der Waals surface area contributed by atoms with E-state index in [9.17, 15) is 9.18 Å². The fourth-order valence-corrected chi connectivity index (χ4v) is 1.77. The molecule has 1 aromatic rings. The van der Waals surface area contributed by atoms with Gasteiger partial charge in [-0.2, -0.15) is 0 Å². The van der Waals surface area contributed by atoms with Crippen molar-refractivity contribution in [2.24, 2.45) is 0 Å². The smallest absolute Gasteiger partial charge is 0.317 e. The van der Waals surface area contributed by atoms with E-state index in [1.807, 2.05) is 20.8 Å². The highest BCUT2D eigenvalue weighted by atomic mass is 19.1. The van der Waals surface area contributed by atoms with Crippen molar-refractivity contribution in [3.05, 3.63) is 29.6 Å². The van der Waals surface area contributed by atoms with Crippen LogP contribution in [0.5, 0.6) is 5.75 Å². The number of carbonyl (C=O) groups is 1. The maximum absolute atomic E-state index is 13.3. The monoisotopic (exact) mass is 269 g/mol. The molecule has 0 aromatic heterocycles. The van der Waals surface area contributed by atoms with E-state index in [0.29, 0.717) is 17.9 Å². The van der Waals surface area contributed by atoms with Crippen LogP contribution in [0.25, 0.3) is 0 Å². The third-order valence-electron chi connectivity index (χ3n) is 2.88. The molecule has 0 saturated carbocycles. The second-order valence-electron chi connectivity index (χ2n) is 5.38. The largest absolute Gasteiger partial charge is 0.496 e. The number of hydrogen-bond acceptors (Lipinski definition) is 3. The first-order valence-electron chi connectivity index (χ1n) is 6.03. The SMILES string of the molecule is COc1ccc(F)cc1CN(CC(=O)O)C(C)(C)C. The standard InChI is InChI=1S/C14H20FNO3/c1-14(2,3)16(9-13(17)18)8-10-7-11(15)5-6-12(10)19-4/h5-7H,8-9H2,1-4H3,(H,17,18). The molecule has 0 saturated heterocycles. The zero-order valence-corrected chi connectivity index (χ0v) is 11.7. The van der Waals surface area contributed by atoms with Gasteiger partial charge in [-0.1, -0.05) is 0 Å². The van der Waals surface area contributed by atoms with Crippen LogP contribution in [-0.2, 0) is 11.3 Å². The molecule has 0 unspecified atom stereocenters. The van der Waals surface area contributed by atoms with Crippen molar-refractivity contribution in [2.45, 2.75) is 32.9 Å². The van der Waals surface area contributed by atoms with Crippen molar-refractivity contribution in [3.8, 4) is 5.75 Å². The van der Waals surface area contributed by atoms with Crippen molar-refractivity contribution >= 4 is 5.97 Å². The minimum atomic E-state index is -0.912. The van der Waals surface area contributed by atoms with Crippen LogP contribution in [0.3, 0.4) is 0 Å². The van der Waals surface area contributed by atoms with Crippen molar-refractivity contribution in [3.63, 3.8) is 0 Å². The zero-order chi connectivity index (χ0) is 14.6. The second kappa shape index (κ2) is 6.02. The quantitative estimate of drug-likeness (QED) is 0.892. The Labute approximate surface area is 112 Å². The van der Waals surface area contributed by atoms with Gasteiger partial charge < -0.3 is 9.84 Å². The molecule has 0 aliphatic heterocycles. The summed E-state index contributed by atoms with van der Waals surface area (Å²) in [6.45, 7) is 5.96. The summed E-state index contributed by atoms with van der Waals surface area (Å²) in [5.74, 6) is -0.716. The van der Waals surface area contributed by atoms with Crippen molar-refractivity contribution < 1.29 is 19.0 Å². The van der Waals surface area contributed by atoms with Crippen LogP contribution in [0, 0.1) is 5.82 Å². The van der Waals surface area contributed by atoms with E-state index >= 15 is 0 Å². The summed E-state index contributed by atoms with van der Waals surface area (Å²) in [5, 5.41) is 8.96. The van der Waals surface area contributed by atoms with E-state index in [-0.39, 0.29) is 17.9 Å². The van der Waals surface area contributed by atoms with Crippen LogP contribution >= 0.6 is 0 Å². The van der Waals surface area contributed by atoms with Crippen LogP contribution in [0.2, 0.25) is 0 Å². The van der Waals surface area contributed by atoms with Gasteiger partial charge in [-0.15, -0.1) is 0 Å². The summed E-state index contributed by atoms with van der Waals surface area (Å²) >= 11 is 0. The summed E-state index contributed by atoms with van der Waals surface area (Å²) in [4.78, 5) is 12.7. The Morgan fingerprint density at radius 2 is 2.05 bits per heavy atom. The van der Waals surface area contributed by atoms with E-state index < -0.39 is 5.97 Å². The Bertz CT molecular complexity index is 454. The van der Waals surface area contributed by atoms with Gasteiger partial charge in [0, 0.05) is 17.6 Å². The third-order valence-corrected chi connectivity index (χ3v) is 2.88. The summed E-state index contributed by atoms with van der Waals surface area (Å²) in [5.41, 5.74) is 0.300. The number of methoxy groups -OCH3 is 1. The number of rotatable bonds is 5. The lowest BCUT2D eigenvalue weighted by Crippen LogP contribution is -2.43. The number of ether oxygens (including phenoxy) is 1. The molecule has 1 N–H and O–H groups in total. The predicted octanol–water partition coefficient (Wildman–Crippen LogP) is 2.52. The maximum atomic E-state index is 13.3. The van der Waals surface area contributed by atoms with Crippen LogP contribution in [0.15, 0.2) is 18.2 Å². The van der Waals surface area contributed by atoms with E-state index in [1.165, 1.54) is 19.2 Å². The highest BCUT2D eigenvalue weighted by Gasteiger charge is 2.24. The molecule has 0 amide bonds. The molecule has 0 atom stereocenters. The lowest BCUT2D eigenvalue weighted by Gasteiger charge is -2.34. The molecular formula is C14H20FNO3. The maximum Gasteiger partial charge on any atom is 0.317 e. The van der Waals surface area contributed by atoms with Gasteiger partial charge in [0.1, 0.15) is 11.6 Å². The number of hydrogen-bond donors (Lipinski definition) is 1. The highest BCUT2D eigenvalue weighted by molar-refractivity contribution is 5.69. The predicted molar refractivity (Wildman–Crippen MR) is 70.8 cm³/mol. The first-order valence-corrected chi connectivity index (χ1v) is 6.03. The minimum absolute atomic E-state index is 0.108. The molecule has 4 nitrogen and oxygen atoms in total. The van der Waals surface area contributed by atoms with Gasteiger partial charge in [0.2, 0.25) is 0 Å². The first-order chi connectivity index (χ1) is 8.74. The molecule has 0 bridgehead atoms. The molecule has 1 aromatic carbocycles. The first kappa shape index (κ1) is 15.4. The van der Waals surface area contributed by atoms with E-state index in [2.05, 4.69) is 0 Å². The number of nitrogens with zero attached hydrogens (tertiary/aromatic N) is 1. The molecule has 0 radical (unpaired) electrons. The summed E-state index contributed by atoms with van der Waals surface area (Å²) < 4.78 is 18.5. The zero-order valence-electron chi connectivity index (χ0n) is 11.7. The Kier molecular flexibility index (Phi) is 4.89. The van der Waals surface area contributed by atoms with Crippen LogP contribution < -0.4 is 4.74 Å². The third kappa shape index (κ3) is 4.52. The lowest BCUT2D eigenvalue weighted by molar-refractivity contribution is -0.139. The van der Waals surface area contributed by atoms with Crippen molar-refractivity contribution in [2.75, 3.05) is 13.7 Å². The number of carboxylic acid groups (broad SMARTS) is 1. The summed E-state index contributed by atoms with van der Waals surface area (Å²) in [6, 6.07) is 4.24. The average Bonchev–Trinajstić information content (AvgIpc) is 2.26. The number of carboxylic acids is 1. The fourth-order valence-electron chi connectivity index (χ4n) is 1.77. The molecule has 0 fully saturated rings. The van der Waals surface area contributed by atoms with Gasteiger partial charge in [0.05, 0.1) is 13.7 Å². The van der Waals surface area contributed by atoms with Gasteiger partial charge in [-0.25, -0.2) is 4.39 Å². The fraction of sp³-hybridized carbons (Fsp3) is 0.500. The molecule has 106 valence electrons. The molecule has 0 aliphatic rings. The molecule has 0 heterocycles. The Morgan fingerprint density at radius 1 is 1.42 bits per heavy atom. The second-order valence-corrected chi connectivity index (χ2v) is 5.38. The van der Waals surface area contributed by atoms with Gasteiger partial charge in [-0.05, 0) is 39.0 Å². The van der Waals surface area contributed by atoms with E-state index in [1.54, 1.807) is 11.0 Å². The number of halogens is 1. The minimum Gasteiger partial charge on any atom is -0.496 e. The van der Waals surface area contributed by atoms with Gasteiger partial charge in [0.15, 0.2) is 0 Å². The molecule has 1 rings (SSSR count). The molecular weight excluding hydrogens is 249 g/mol. The number of benzene rings is 1. The molecule has 0 aliphatic carbocycles. The van der Waals surface area contributed by atoms with Crippen molar-refractivity contribution in [1.82, 2.24) is 4.90 Å². The summed E-state index contributed by atoms with van der Waals surface area (Å²) in [7, 11) is 1.51. The Balaban J connectivity index is 3.02. The Morgan fingerprint density at radius 3 is 2.53 bits per heavy atom. The molecule has 0 spiro atoms. The average molecular weight is 269 g/mol. The van der Waals surface area contributed by atoms with Crippen LogP contribution in [-0.4, -0.2) is 35.2 Å². The normalized spacial score (nSPS) is 11.7. The molecule has 19 heavy (non-hydrogen) atoms. The lowest BCUT2D eigenvalue weighted by atomic mass is 10.0. The van der Waals surface area contributed by atoms with E-state index in [0.717, 1.165) is 0 Å². The van der Waals surface area contributed by atoms with Crippen LogP contribution in [0.1, 0.15) is 26.3 Å². The summed E-state index contributed by atoms with van der Waals surface area (Å²) in [6.07, 6.45) is 0. The number of aliphatic carboxylic acids is 1. The van der Waals surface area contributed by atoms with Gasteiger partial charge in [-0.3, -0.25) is 9.69 Å². The van der Waals surface area contributed by atoms with Crippen molar-refractivity contribution in [1.29, 1.82) is 0 Å². The van der Waals surface area contributed by atoms with E-state index in [4.69, 9.17) is 9.84 Å². The molecule has 5 heteroatoms.